The summed E-state index contributed by atoms with van der Waals surface area (Å²) in [5.41, 5.74) is 11.6. The fourth-order valence-corrected chi connectivity index (χ4v) is 4.77. The van der Waals surface area contributed by atoms with Gasteiger partial charge in [0.25, 0.3) is 5.91 Å². The van der Waals surface area contributed by atoms with Crippen molar-refractivity contribution < 1.29 is 9.59 Å². The van der Waals surface area contributed by atoms with E-state index in [9.17, 15) is 9.59 Å². The number of aryl methyl sites for hydroxylation is 2. The molecule has 0 saturated carbocycles. The summed E-state index contributed by atoms with van der Waals surface area (Å²) in [4.78, 5) is 36.2. The third-order valence-electron chi connectivity index (χ3n) is 6.93. The Morgan fingerprint density at radius 2 is 2.00 bits per heavy atom. The molecule has 0 saturated heterocycles. The van der Waals surface area contributed by atoms with Gasteiger partial charge < -0.3 is 20.5 Å². The number of carbonyl (C=O) groups is 2. The maximum absolute atomic E-state index is 13.2. The molecule has 0 fully saturated rings. The van der Waals surface area contributed by atoms with E-state index >= 15 is 0 Å². The number of hydrogen-bond acceptors (Lipinski definition) is 5. The Morgan fingerprint density at radius 1 is 1.21 bits per heavy atom. The maximum Gasteiger partial charge on any atom is 0.255 e. The number of fused-ring (bicyclic) bond motifs is 2. The number of nitrogens with zero attached hydrogens (tertiary/aromatic N) is 5. The highest BCUT2D eigenvalue weighted by molar-refractivity contribution is 6.06. The van der Waals surface area contributed by atoms with Gasteiger partial charge in [-0.2, -0.15) is 0 Å². The SMILES string of the molecule is C=CC(=O)N(C)[C@@H](C)c1nc(-c2cccc(C(=O)Nc3ccc4c(C)cn(C)c4c3)c2)c2c(N)nccn12. The number of likely N-dealkylation sites (N-methyl/N-ethyl adjacent to an activating group) is 1. The molecule has 0 bridgehead atoms. The molecule has 0 aliphatic carbocycles. The van der Waals surface area contributed by atoms with Crippen LogP contribution in [0.5, 0.6) is 0 Å². The summed E-state index contributed by atoms with van der Waals surface area (Å²) < 4.78 is 3.88. The fraction of sp³-hybridized carbons (Fsp3) is 0.172. The molecule has 1 atom stereocenters. The normalized spacial score (nSPS) is 12.0. The first-order valence-corrected chi connectivity index (χ1v) is 12.2. The molecule has 3 heterocycles. The molecule has 3 aromatic heterocycles. The van der Waals surface area contributed by atoms with Crippen molar-refractivity contribution in [2.24, 2.45) is 7.05 Å². The Kier molecular flexibility index (Phi) is 6.20. The number of hydrogen-bond donors (Lipinski definition) is 2. The van der Waals surface area contributed by atoms with Gasteiger partial charge in [0.05, 0.1) is 11.6 Å². The number of nitrogens with one attached hydrogen (secondary N) is 1. The Labute approximate surface area is 220 Å². The smallest absolute Gasteiger partial charge is 0.255 e. The van der Waals surface area contributed by atoms with E-state index in [0.29, 0.717) is 39.7 Å². The Hall–Kier alpha value is -4.92. The lowest BCUT2D eigenvalue weighted by molar-refractivity contribution is -0.126. The Morgan fingerprint density at radius 3 is 2.76 bits per heavy atom. The average molecular weight is 508 g/mol. The van der Waals surface area contributed by atoms with Crippen LogP contribution in [0.3, 0.4) is 0 Å². The molecular formula is C29H29N7O2. The zero-order valence-corrected chi connectivity index (χ0v) is 21.8. The maximum atomic E-state index is 13.2. The predicted molar refractivity (Wildman–Crippen MR) is 150 cm³/mol. The second kappa shape index (κ2) is 9.51. The van der Waals surface area contributed by atoms with Crippen LogP contribution in [0.2, 0.25) is 0 Å². The highest BCUT2D eigenvalue weighted by atomic mass is 16.2. The van der Waals surface area contributed by atoms with Crippen LogP contribution in [0.15, 0.2) is 73.7 Å². The lowest BCUT2D eigenvalue weighted by Gasteiger charge is -2.22. The van der Waals surface area contributed by atoms with Gasteiger partial charge in [-0.3, -0.25) is 14.0 Å². The largest absolute Gasteiger partial charge is 0.382 e. The van der Waals surface area contributed by atoms with Crippen molar-refractivity contribution in [1.29, 1.82) is 0 Å². The van der Waals surface area contributed by atoms with Crippen LogP contribution in [0.25, 0.3) is 27.7 Å². The third-order valence-corrected chi connectivity index (χ3v) is 6.93. The van der Waals surface area contributed by atoms with Gasteiger partial charge in [-0.25, -0.2) is 9.97 Å². The lowest BCUT2D eigenvalue weighted by atomic mass is 10.1. The van der Waals surface area contributed by atoms with Crippen LogP contribution in [0.1, 0.15) is 34.7 Å². The molecule has 3 N–H and O–H groups in total. The number of nitrogen functional groups attached to an aromatic ring is 1. The molecule has 192 valence electrons. The van der Waals surface area contributed by atoms with Crippen molar-refractivity contribution in [1.82, 2.24) is 23.8 Å². The van der Waals surface area contributed by atoms with Gasteiger partial charge >= 0.3 is 0 Å². The molecule has 0 unspecified atom stereocenters. The van der Waals surface area contributed by atoms with E-state index < -0.39 is 0 Å². The summed E-state index contributed by atoms with van der Waals surface area (Å²) in [6.45, 7) is 7.52. The summed E-state index contributed by atoms with van der Waals surface area (Å²) in [6, 6.07) is 12.7. The first kappa shape index (κ1) is 24.8. The van der Waals surface area contributed by atoms with Gasteiger partial charge in [-0.05, 0) is 49.8 Å². The van der Waals surface area contributed by atoms with Gasteiger partial charge in [0, 0.05) is 54.9 Å². The first-order valence-electron chi connectivity index (χ1n) is 12.2. The molecule has 0 spiro atoms. The van der Waals surface area contributed by atoms with E-state index in [1.54, 1.807) is 36.5 Å². The summed E-state index contributed by atoms with van der Waals surface area (Å²) in [5, 5.41) is 4.15. The highest BCUT2D eigenvalue weighted by Crippen LogP contribution is 2.32. The van der Waals surface area contributed by atoms with Gasteiger partial charge in [0.15, 0.2) is 0 Å². The number of anilines is 2. The number of nitrogens with two attached hydrogens (primary N) is 1. The van der Waals surface area contributed by atoms with Crippen LogP contribution in [-0.4, -0.2) is 42.7 Å². The van der Waals surface area contributed by atoms with E-state index in [1.165, 1.54) is 11.6 Å². The highest BCUT2D eigenvalue weighted by Gasteiger charge is 2.24. The van der Waals surface area contributed by atoms with E-state index in [0.717, 1.165) is 10.9 Å². The minimum Gasteiger partial charge on any atom is -0.382 e. The number of carbonyl (C=O) groups excluding carboxylic acids is 2. The number of aromatic nitrogens is 4. The lowest BCUT2D eigenvalue weighted by Crippen LogP contribution is -2.29. The van der Waals surface area contributed by atoms with Crippen molar-refractivity contribution in [2.75, 3.05) is 18.1 Å². The molecule has 0 radical (unpaired) electrons. The minimum atomic E-state index is -0.369. The summed E-state index contributed by atoms with van der Waals surface area (Å²) in [5.74, 6) is 0.451. The van der Waals surface area contributed by atoms with Crippen molar-refractivity contribution in [3.8, 4) is 11.3 Å². The molecule has 9 heteroatoms. The van der Waals surface area contributed by atoms with Crippen LogP contribution in [0.4, 0.5) is 11.5 Å². The molecule has 0 aliphatic rings. The second-order valence-corrected chi connectivity index (χ2v) is 9.37. The van der Waals surface area contributed by atoms with Crippen molar-refractivity contribution in [2.45, 2.75) is 19.9 Å². The molecule has 2 aromatic carbocycles. The van der Waals surface area contributed by atoms with Gasteiger partial charge in [-0.15, -0.1) is 0 Å². The summed E-state index contributed by atoms with van der Waals surface area (Å²) in [7, 11) is 3.68. The van der Waals surface area contributed by atoms with Crippen molar-refractivity contribution in [3.05, 3.63) is 90.7 Å². The molecule has 9 nitrogen and oxygen atoms in total. The van der Waals surface area contributed by atoms with Crippen molar-refractivity contribution in [3.63, 3.8) is 0 Å². The second-order valence-electron chi connectivity index (χ2n) is 9.37. The molecular weight excluding hydrogens is 478 g/mol. The Bertz CT molecular complexity index is 1730. The number of benzene rings is 2. The van der Waals surface area contributed by atoms with E-state index in [4.69, 9.17) is 10.7 Å². The molecule has 0 aliphatic heterocycles. The standard InChI is InChI=1S/C29H29N7O2/c1-6-24(37)35(5)18(3)28-33-25(26-27(30)31-12-13-36(26)28)19-8-7-9-20(14-19)29(38)32-21-10-11-22-17(2)16-34(4)23(22)15-21/h6-16,18H,1H2,2-5H3,(H2,30,31)(H,32,38)/t18-/m0/s1. The molecule has 5 aromatic rings. The van der Waals surface area contributed by atoms with E-state index in [1.807, 2.05) is 53.3 Å². The summed E-state index contributed by atoms with van der Waals surface area (Å²) >= 11 is 0. The zero-order chi connectivity index (χ0) is 27.1. The van der Waals surface area contributed by atoms with Gasteiger partial charge in [0.2, 0.25) is 5.91 Å². The molecule has 5 rings (SSSR count). The molecule has 2 amide bonds. The topological polar surface area (TPSA) is 111 Å². The predicted octanol–water partition coefficient (Wildman–Crippen LogP) is 4.74. The van der Waals surface area contributed by atoms with Crippen LogP contribution < -0.4 is 11.1 Å². The quantitative estimate of drug-likeness (QED) is 0.323. The van der Waals surface area contributed by atoms with E-state index in [-0.39, 0.29) is 17.9 Å². The van der Waals surface area contributed by atoms with E-state index in [2.05, 4.69) is 30.0 Å². The minimum absolute atomic E-state index is 0.222. The monoisotopic (exact) mass is 507 g/mol. The third kappa shape index (κ3) is 4.17. The zero-order valence-electron chi connectivity index (χ0n) is 21.8. The van der Waals surface area contributed by atoms with Crippen LogP contribution in [0, 0.1) is 6.92 Å². The van der Waals surface area contributed by atoms with Crippen LogP contribution >= 0.6 is 0 Å². The average Bonchev–Trinajstić information content (AvgIpc) is 3.45. The first-order chi connectivity index (χ1) is 18.2. The van der Waals surface area contributed by atoms with Crippen LogP contribution in [-0.2, 0) is 11.8 Å². The Balaban J connectivity index is 1.52. The molecule has 38 heavy (non-hydrogen) atoms. The number of rotatable bonds is 6. The number of amides is 2. The van der Waals surface area contributed by atoms with Crippen molar-refractivity contribution >= 4 is 39.7 Å². The fourth-order valence-electron chi connectivity index (χ4n) is 4.77. The summed E-state index contributed by atoms with van der Waals surface area (Å²) in [6.07, 6.45) is 6.68. The van der Waals surface area contributed by atoms with Gasteiger partial charge in [0.1, 0.15) is 22.9 Å². The number of imidazole rings is 1. The van der Waals surface area contributed by atoms with Gasteiger partial charge in [-0.1, -0.05) is 24.8 Å².